The summed E-state index contributed by atoms with van der Waals surface area (Å²) in [4.78, 5) is 17.4. The third-order valence-corrected chi connectivity index (χ3v) is 6.23. The van der Waals surface area contributed by atoms with Gasteiger partial charge in [0.15, 0.2) is 5.65 Å². The second-order valence-corrected chi connectivity index (χ2v) is 7.79. The van der Waals surface area contributed by atoms with E-state index in [2.05, 4.69) is 44.5 Å². The molecule has 1 aromatic carbocycles. The summed E-state index contributed by atoms with van der Waals surface area (Å²) in [7, 11) is 1.98. The fourth-order valence-electron chi connectivity index (χ4n) is 4.62. The van der Waals surface area contributed by atoms with E-state index in [1.165, 1.54) is 11.1 Å². The minimum absolute atomic E-state index is 0.0904. The molecule has 1 atom stereocenters. The van der Waals surface area contributed by atoms with Gasteiger partial charge in [0.25, 0.3) is 0 Å². The van der Waals surface area contributed by atoms with Crippen LogP contribution < -0.4 is 4.90 Å². The molecule has 1 aliphatic carbocycles. The van der Waals surface area contributed by atoms with Crippen molar-refractivity contribution in [2.75, 3.05) is 25.0 Å². The fourth-order valence-corrected chi connectivity index (χ4v) is 4.62. The maximum absolute atomic E-state index is 13.1. The van der Waals surface area contributed by atoms with E-state index in [0.29, 0.717) is 0 Å². The average Bonchev–Trinajstić information content (AvgIpc) is 3.39. The zero-order valence-corrected chi connectivity index (χ0v) is 16.0. The van der Waals surface area contributed by atoms with E-state index >= 15 is 0 Å². The highest BCUT2D eigenvalue weighted by atomic mass is 16.2. The van der Waals surface area contributed by atoms with Gasteiger partial charge in [-0.05, 0) is 48.9 Å². The van der Waals surface area contributed by atoms with Crippen LogP contribution in [0.25, 0.3) is 5.65 Å². The van der Waals surface area contributed by atoms with E-state index in [1.807, 2.05) is 24.1 Å². The molecule has 0 spiro atoms. The predicted molar refractivity (Wildman–Crippen MR) is 106 cm³/mol. The number of piperidine rings is 1. The second-order valence-electron chi connectivity index (χ2n) is 7.79. The molecule has 144 valence electrons. The summed E-state index contributed by atoms with van der Waals surface area (Å²) in [6, 6.07) is 12.7. The minimum atomic E-state index is 0.0904. The van der Waals surface area contributed by atoms with Gasteiger partial charge < -0.3 is 9.80 Å². The highest BCUT2D eigenvalue weighted by Gasteiger charge is 2.33. The van der Waals surface area contributed by atoms with Gasteiger partial charge in [-0.15, -0.1) is 15.3 Å². The van der Waals surface area contributed by atoms with Crippen LogP contribution in [0.3, 0.4) is 0 Å². The molecule has 7 heteroatoms. The van der Waals surface area contributed by atoms with Gasteiger partial charge in [-0.2, -0.15) is 4.52 Å². The minimum Gasteiger partial charge on any atom is -0.355 e. The van der Waals surface area contributed by atoms with Gasteiger partial charge >= 0.3 is 0 Å². The summed E-state index contributed by atoms with van der Waals surface area (Å²) in [5.74, 6) is 1.28. The first kappa shape index (κ1) is 17.2. The molecule has 1 aliphatic heterocycles. The van der Waals surface area contributed by atoms with Gasteiger partial charge in [0.1, 0.15) is 12.1 Å². The summed E-state index contributed by atoms with van der Waals surface area (Å²) < 4.78 is 1.69. The zero-order chi connectivity index (χ0) is 19.1. The first-order valence-corrected chi connectivity index (χ1v) is 9.97. The Bertz CT molecular complexity index is 1010. The highest BCUT2D eigenvalue weighted by molar-refractivity contribution is 5.79. The molecule has 2 aliphatic rings. The first-order valence-electron chi connectivity index (χ1n) is 9.97. The maximum Gasteiger partial charge on any atom is 0.226 e. The molecule has 1 fully saturated rings. The van der Waals surface area contributed by atoms with Crippen LogP contribution in [0.5, 0.6) is 0 Å². The number of aryl methyl sites for hydroxylation is 1. The molecule has 28 heavy (non-hydrogen) atoms. The largest absolute Gasteiger partial charge is 0.355 e. The van der Waals surface area contributed by atoms with E-state index in [9.17, 15) is 4.79 Å². The first-order chi connectivity index (χ1) is 13.7. The van der Waals surface area contributed by atoms with Gasteiger partial charge in [-0.3, -0.25) is 4.79 Å². The van der Waals surface area contributed by atoms with Crippen molar-refractivity contribution in [3.05, 3.63) is 53.9 Å². The van der Waals surface area contributed by atoms with E-state index in [-0.39, 0.29) is 17.9 Å². The lowest BCUT2D eigenvalue weighted by atomic mass is 9.94. The number of amides is 1. The number of carbonyl (C=O) groups is 1. The number of anilines is 1. The lowest BCUT2D eigenvalue weighted by molar-refractivity contribution is -0.137. The van der Waals surface area contributed by atoms with Gasteiger partial charge in [0.05, 0.1) is 6.04 Å². The summed E-state index contributed by atoms with van der Waals surface area (Å²) in [5.41, 5.74) is 3.45. The van der Waals surface area contributed by atoms with Gasteiger partial charge in [0.2, 0.25) is 5.91 Å². The fraction of sp³-hybridized carbons (Fsp3) is 0.429. The standard InChI is InChI=1S/C21H24N6O/c1-25(18-7-6-15-4-2-3-5-17(15)18)21(28)16-10-12-26(13-11-16)20-9-8-19-23-22-14-27(19)24-20/h2-5,8-9,14,16,18H,6-7,10-13H2,1H3. The van der Waals surface area contributed by atoms with Crippen LogP contribution in [0, 0.1) is 5.92 Å². The van der Waals surface area contributed by atoms with Crippen LogP contribution in [0.1, 0.15) is 36.4 Å². The van der Waals surface area contributed by atoms with Crippen molar-refractivity contribution in [3.8, 4) is 0 Å². The van der Waals surface area contributed by atoms with Crippen LogP contribution in [0.4, 0.5) is 5.82 Å². The van der Waals surface area contributed by atoms with Crippen LogP contribution >= 0.6 is 0 Å². The van der Waals surface area contributed by atoms with Crippen LogP contribution in [-0.4, -0.2) is 50.8 Å². The third kappa shape index (κ3) is 2.91. The Labute approximate surface area is 164 Å². The quantitative estimate of drug-likeness (QED) is 0.703. The molecule has 0 N–H and O–H groups in total. The zero-order valence-electron chi connectivity index (χ0n) is 16.0. The number of rotatable bonds is 3. The number of fused-ring (bicyclic) bond motifs is 2. The maximum atomic E-state index is 13.1. The van der Waals surface area contributed by atoms with Gasteiger partial charge in [-0.1, -0.05) is 24.3 Å². The summed E-state index contributed by atoms with van der Waals surface area (Å²) in [6.45, 7) is 1.68. The summed E-state index contributed by atoms with van der Waals surface area (Å²) in [6.07, 6.45) is 5.43. The van der Waals surface area contributed by atoms with Crippen molar-refractivity contribution in [2.24, 2.45) is 5.92 Å². The number of nitrogens with zero attached hydrogens (tertiary/aromatic N) is 6. The molecule has 1 unspecified atom stereocenters. The Balaban J connectivity index is 1.24. The Hall–Kier alpha value is -2.96. The third-order valence-electron chi connectivity index (χ3n) is 6.23. The van der Waals surface area contributed by atoms with Crippen molar-refractivity contribution >= 4 is 17.4 Å². The Kier molecular flexibility index (Phi) is 4.22. The summed E-state index contributed by atoms with van der Waals surface area (Å²) >= 11 is 0. The van der Waals surface area contributed by atoms with Crippen LogP contribution in [-0.2, 0) is 11.2 Å². The molecular formula is C21H24N6O. The topological polar surface area (TPSA) is 66.6 Å². The second kappa shape index (κ2) is 6.89. The number of aromatic nitrogens is 4. The lowest BCUT2D eigenvalue weighted by Crippen LogP contribution is -2.42. The predicted octanol–water partition coefficient (Wildman–Crippen LogP) is 2.49. The van der Waals surface area contributed by atoms with Gasteiger partial charge in [0, 0.05) is 26.1 Å². The van der Waals surface area contributed by atoms with E-state index < -0.39 is 0 Å². The monoisotopic (exact) mass is 376 g/mol. The van der Waals surface area contributed by atoms with E-state index in [1.54, 1.807) is 10.8 Å². The number of benzene rings is 1. The summed E-state index contributed by atoms with van der Waals surface area (Å²) in [5, 5.41) is 12.4. The molecule has 0 radical (unpaired) electrons. The highest BCUT2D eigenvalue weighted by Crippen LogP contribution is 2.36. The molecule has 3 aromatic rings. The molecule has 7 nitrogen and oxygen atoms in total. The van der Waals surface area contributed by atoms with Crippen molar-refractivity contribution in [2.45, 2.75) is 31.7 Å². The normalized spacial score (nSPS) is 19.8. The van der Waals surface area contributed by atoms with Gasteiger partial charge in [-0.25, -0.2) is 0 Å². The molecule has 1 saturated heterocycles. The Morgan fingerprint density at radius 2 is 1.93 bits per heavy atom. The smallest absolute Gasteiger partial charge is 0.226 e. The molecule has 0 saturated carbocycles. The lowest BCUT2D eigenvalue weighted by Gasteiger charge is -2.35. The average molecular weight is 376 g/mol. The number of hydrogen-bond donors (Lipinski definition) is 0. The molecular weight excluding hydrogens is 352 g/mol. The van der Waals surface area contributed by atoms with Crippen LogP contribution in [0.15, 0.2) is 42.7 Å². The number of carbonyl (C=O) groups excluding carboxylic acids is 1. The molecule has 2 aromatic heterocycles. The van der Waals surface area contributed by atoms with Crippen molar-refractivity contribution < 1.29 is 4.79 Å². The van der Waals surface area contributed by atoms with Crippen molar-refractivity contribution in [3.63, 3.8) is 0 Å². The van der Waals surface area contributed by atoms with Crippen molar-refractivity contribution in [1.82, 2.24) is 24.7 Å². The molecule has 1 amide bonds. The number of hydrogen-bond acceptors (Lipinski definition) is 5. The van der Waals surface area contributed by atoms with E-state index in [0.717, 1.165) is 50.2 Å². The molecule has 5 rings (SSSR count). The van der Waals surface area contributed by atoms with E-state index in [4.69, 9.17) is 0 Å². The Morgan fingerprint density at radius 3 is 2.79 bits per heavy atom. The molecule has 0 bridgehead atoms. The SMILES string of the molecule is CN(C(=O)C1CCN(c2ccc3nncn3n2)CC1)C1CCc2ccccc21. The molecule has 3 heterocycles. The van der Waals surface area contributed by atoms with Crippen LogP contribution in [0.2, 0.25) is 0 Å². The van der Waals surface area contributed by atoms with Crippen molar-refractivity contribution in [1.29, 1.82) is 0 Å². The Morgan fingerprint density at radius 1 is 1.11 bits per heavy atom.